The summed E-state index contributed by atoms with van der Waals surface area (Å²) in [6.07, 6.45) is 2.45. The Labute approximate surface area is 88.0 Å². The second kappa shape index (κ2) is 3.73. The molecule has 0 aliphatic heterocycles. The normalized spacial score (nSPS) is 24.3. The molecule has 1 fully saturated rings. The Kier molecular flexibility index (Phi) is 2.41. The number of carbonyl (C=O) groups is 1. The largest absolute Gasteiger partial charge is 0.369 e. The molecule has 1 aromatic carbocycles. The third-order valence-corrected chi connectivity index (χ3v) is 2.72. The van der Waals surface area contributed by atoms with Crippen LogP contribution < -0.4 is 11.6 Å². The summed E-state index contributed by atoms with van der Waals surface area (Å²) in [5.74, 6) is 5.16. The number of rotatable bonds is 3. The van der Waals surface area contributed by atoms with Gasteiger partial charge in [0.15, 0.2) is 0 Å². The summed E-state index contributed by atoms with van der Waals surface area (Å²) in [6.45, 7) is 0. The fourth-order valence-corrected chi connectivity index (χ4v) is 1.83. The lowest BCUT2D eigenvalue weighted by Crippen LogP contribution is -2.13. The zero-order valence-corrected chi connectivity index (χ0v) is 8.26. The van der Waals surface area contributed by atoms with Crippen molar-refractivity contribution < 1.29 is 4.79 Å². The highest BCUT2D eigenvalue weighted by Crippen LogP contribution is 2.47. The van der Waals surface area contributed by atoms with E-state index in [9.17, 15) is 4.79 Å². The van der Waals surface area contributed by atoms with E-state index >= 15 is 0 Å². The summed E-state index contributed by atoms with van der Waals surface area (Å²) < 4.78 is 0. The maximum absolute atomic E-state index is 10.9. The molecule has 0 heterocycles. The van der Waals surface area contributed by atoms with Crippen LogP contribution in [-0.4, -0.2) is 12.1 Å². The minimum absolute atomic E-state index is 0.00932. The number of hydrogen-bond acceptors (Lipinski definition) is 3. The van der Waals surface area contributed by atoms with Crippen LogP contribution in [0.5, 0.6) is 0 Å². The van der Waals surface area contributed by atoms with Crippen LogP contribution in [-0.2, 0) is 4.79 Å². The lowest BCUT2D eigenvalue weighted by atomic mass is 10.1. The molecule has 1 amide bonds. The van der Waals surface area contributed by atoms with Crippen molar-refractivity contribution in [1.29, 1.82) is 0 Å². The Hall–Kier alpha value is -1.84. The topological polar surface area (TPSA) is 81.5 Å². The van der Waals surface area contributed by atoms with Crippen LogP contribution in [0.4, 0.5) is 0 Å². The molecule has 1 saturated carbocycles. The van der Waals surface area contributed by atoms with Crippen molar-refractivity contribution in [3.63, 3.8) is 0 Å². The van der Waals surface area contributed by atoms with Crippen LogP contribution in [0.1, 0.15) is 23.5 Å². The molecule has 1 aliphatic carbocycles. The number of amides is 1. The molecule has 1 aliphatic rings. The van der Waals surface area contributed by atoms with Gasteiger partial charge in [0.1, 0.15) is 0 Å². The summed E-state index contributed by atoms with van der Waals surface area (Å²) in [6, 6.07) is 7.84. The van der Waals surface area contributed by atoms with Crippen LogP contribution in [0.25, 0.3) is 0 Å². The maximum Gasteiger partial charge on any atom is 0.221 e. The van der Waals surface area contributed by atoms with E-state index in [0.29, 0.717) is 0 Å². The Bertz CT molecular complexity index is 414. The molecular formula is C11H13N3O. The van der Waals surface area contributed by atoms with Gasteiger partial charge in [-0.25, -0.2) is 0 Å². The molecule has 1 aromatic rings. The molecule has 4 N–H and O–H groups in total. The molecule has 0 unspecified atom stereocenters. The van der Waals surface area contributed by atoms with Crippen molar-refractivity contribution in [2.45, 2.75) is 12.3 Å². The maximum atomic E-state index is 10.9. The van der Waals surface area contributed by atoms with Crippen molar-refractivity contribution >= 4 is 12.1 Å². The molecule has 0 radical (unpaired) electrons. The fraction of sp³-hybridized carbons (Fsp3) is 0.273. The van der Waals surface area contributed by atoms with Crippen LogP contribution in [0, 0.1) is 5.92 Å². The number of carbonyl (C=O) groups excluding carboxylic acids is 1. The highest BCUT2D eigenvalue weighted by molar-refractivity contribution is 5.82. The summed E-state index contributed by atoms with van der Waals surface area (Å²) >= 11 is 0. The van der Waals surface area contributed by atoms with E-state index in [-0.39, 0.29) is 17.7 Å². The first-order valence-corrected chi connectivity index (χ1v) is 4.85. The van der Waals surface area contributed by atoms with Gasteiger partial charge in [-0.15, -0.1) is 0 Å². The second-order valence-corrected chi connectivity index (χ2v) is 3.80. The van der Waals surface area contributed by atoms with E-state index < -0.39 is 0 Å². The van der Waals surface area contributed by atoms with Gasteiger partial charge in [0.05, 0.1) is 6.21 Å². The predicted octanol–water partition coefficient (Wildman–Crippen LogP) is 0.568. The highest BCUT2D eigenvalue weighted by atomic mass is 16.1. The third kappa shape index (κ3) is 1.98. The van der Waals surface area contributed by atoms with E-state index in [0.717, 1.165) is 17.5 Å². The van der Waals surface area contributed by atoms with Gasteiger partial charge in [-0.3, -0.25) is 4.79 Å². The molecule has 78 valence electrons. The van der Waals surface area contributed by atoms with E-state index in [2.05, 4.69) is 5.10 Å². The first-order chi connectivity index (χ1) is 7.22. The number of nitrogens with two attached hydrogens (primary N) is 2. The van der Waals surface area contributed by atoms with Gasteiger partial charge >= 0.3 is 0 Å². The van der Waals surface area contributed by atoms with Crippen molar-refractivity contribution in [1.82, 2.24) is 0 Å². The van der Waals surface area contributed by atoms with Crippen LogP contribution in [0.3, 0.4) is 0 Å². The predicted molar refractivity (Wildman–Crippen MR) is 58.3 cm³/mol. The average Bonchev–Trinajstić information content (AvgIpc) is 2.98. The van der Waals surface area contributed by atoms with E-state index in [1.165, 1.54) is 0 Å². The molecule has 4 nitrogen and oxygen atoms in total. The lowest BCUT2D eigenvalue weighted by molar-refractivity contribution is -0.119. The summed E-state index contributed by atoms with van der Waals surface area (Å²) in [4.78, 5) is 10.9. The monoisotopic (exact) mass is 203 g/mol. The molecule has 0 saturated heterocycles. The zero-order chi connectivity index (χ0) is 10.8. The van der Waals surface area contributed by atoms with Gasteiger partial charge in [0, 0.05) is 5.92 Å². The Balaban J connectivity index is 2.17. The first-order valence-electron chi connectivity index (χ1n) is 4.85. The molecule has 0 spiro atoms. The number of benzene rings is 1. The summed E-state index contributed by atoms with van der Waals surface area (Å²) in [5, 5.41) is 3.46. The van der Waals surface area contributed by atoms with Crippen LogP contribution >= 0.6 is 0 Å². The smallest absolute Gasteiger partial charge is 0.221 e. The molecule has 2 atom stereocenters. The van der Waals surface area contributed by atoms with Gasteiger partial charge < -0.3 is 11.6 Å². The minimum Gasteiger partial charge on any atom is -0.369 e. The van der Waals surface area contributed by atoms with Crippen molar-refractivity contribution in [3.05, 3.63) is 35.4 Å². The summed E-state index contributed by atoms with van der Waals surface area (Å²) in [7, 11) is 0. The molecule has 2 rings (SSSR count). The van der Waals surface area contributed by atoms with E-state index in [1.54, 1.807) is 6.21 Å². The lowest BCUT2D eigenvalue weighted by Gasteiger charge is -2.00. The number of hydrazone groups is 1. The highest BCUT2D eigenvalue weighted by Gasteiger charge is 2.42. The van der Waals surface area contributed by atoms with Gasteiger partial charge in [0.2, 0.25) is 5.91 Å². The SMILES string of the molecule is NN=Cc1cccc([C@H]2C[C@H]2C(N)=O)c1. The number of hydrogen-bond donors (Lipinski definition) is 2. The Morgan fingerprint density at radius 1 is 1.53 bits per heavy atom. The van der Waals surface area contributed by atoms with Crippen molar-refractivity contribution in [2.75, 3.05) is 0 Å². The minimum atomic E-state index is -0.210. The molecular weight excluding hydrogens is 190 g/mol. The standard InChI is InChI=1S/C11H13N3O/c12-11(15)10-5-9(10)8-3-1-2-7(4-8)6-14-13/h1-4,6,9-10H,5,13H2,(H2,12,15)/t9-,10-/m1/s1. The van der Waals surface area contributed by atoms with Crippen molar-refractivity contribution in [2.24, 2.45) is 22.6 Å². The first kappa shape index (κ1) is 9.71. The molecule has 0 bridgehead atoms. The van der Waals surface area contributed by atoms with Gasteiger partial charge in [0.25, 0.3) is 0 Å². The van der Waals surface area contributed by atoms with Gasteiger partial charge in [-0.05, 0) is 29.5 Å². The van der Waals surface area contributed by atoms with Crippen LogP contribution in [0.2, 0.25) is 0 Å². The average molecular weight is 203 g/mol. The zero-order valence-electron chi connectivity index (χ0n) is 8.26. The number of primary amides is 1. The molecule has 15 heavy (non-hydrogen) atoms. The second-order valence-electron chi connectivity index (χ2n) is 3.80. The fourth-order valence-electron chi connectivity index (χ4n) is 1.83. The Morgan fingerprint density at radius 3 is 2.93 bits per heavy atom. The van der Waals surface area contributed by atoms with Crippen molar-refractivity contribution in [3.8, 4) is 0 Å². The summed E-state index contributed by atoms with van der Waals surface area (Å²) in [5.41, 5.74) is 7.32. The third-order valence-electron chi connectivity index (χ3n) is 2.72. The molecule has 4 heteroatoms. The van der Waals surface area contributed by atoms with Gasteiger partial charge in [-0.2, -0.15) is 5.10 Å². The molecule has 0 aromatic heterocycles. The quantitative estimate of drug-likeness (QED) is 0.427. The Morgan fingerprint density at radius 2 is 2.33 bits per heavy atom. The van der Waals surface area contributed by atoms with E-state index in [1.807, 2.05) is 24.3 Å². The van der Waals surface area contributed by atoms with E-state index in [4.69, 9.17) is 11.6 Å². The number of nitrogens with zero attached hydrogens (tertiary/aromatic N) is 1. The van der Waals surface area contributed by atoms with Crippen LogP contribution in [0.15, 0.2) is 29.4 Å². The van der Waals surface area contributed by atoms with Gasteiger partial charge in [-0.1, -0.05) is 18.2 Å².